The van der Waals surface area contributed by atoms with E-state index in [2.05, 4.69) is 174 Å². The smallest absolute Gasteiger partial charge is 0.111 e. The van der Waals surface area contributed by atoms with Crippen molar-refractivity contribution in [3.63, 3.8) is 0 Å². The van der Waals surface area contributed by atoms with Crippen molar-refractivity contribution in [2.45, 2.75) is 6.92 Å². The maximum absolute atomic E-state index is 5.35. The Morgan fingerprint density at radius 1 is 0.490 bits per heavy atom. The van der Waals surface area contributed by atoms with E-state index in [0.29, 0.717) is 0 Å². The van der Waals surface area contributed by atoms with E-state index in [1.807, 2.05) is 18.2 Å². The van der Waals surface area contributed by atoms with Crippen LogP contribution >= 0.6 is 0 Å². The summed E-state index contributed by atoms with van der Waals surface area (Å²) in [4.78, 5) is 5.35. The number of benzene rings is 7. The first-order valence-electron chi connectivity index (χ1n) is 16.7. The van der Waals surface area contributed by atoms with E-state index < -0.39 is 0 Å². The average molecular weight is 628 g/mol. The SMILES string of the molecule is C=c1cccc/c1=C(/N=C(C)n1c2ccccc2c2cc(-c3ccc4c(c3)c3ccccc3n4-c3ccccc3)ccc21)c1ccccc1. The number of rotatable bonds is 4. The number of aromatic nitrogens is 2. The fraction of sp³-hybridized carbons (Fsp3) is 0.0217. The second-order valence-corrected chi connectivity index (χ2v) is 12.5. The molecule has 0 amide bonds. The molecular weight excluding hydrogens is 595 g/mol. The van der Waals surface area contributed by atoms with Gasteiger partial charge in [-0.15, -0.1) is 0 Å². The summed E-state index contributed by atoms with van der Waals surface area (Å²) in [6, 6.07) is 60.3. The molecule has 2 heterocycles. The molecule has 0 radical (unpaired) electrons. The van der Waals surface area contributed by atoms with Gasteiger partial charge in [0.1, 0.15) is 5.84 Å². The fourth-order valence-corrected chi connectivity index (χ4v) is 7.35. The van der Waals surface area contributed by atoms with Gasteiger partial charge in [0.2, 0.25) is 0 Å². The first kappa shape index (κ1) is 28.7. The molecule has 9 aromatic rings. The van der Waals surface area contributed by atoms with Gasteiger partial charge in [-0.25, -0.2) is 4.99 Å². The summed E-state index contributed by atoms with van der Waals surface area (Å²) in [5.41, 5.74) is 10.2. The van der Waals surface area contributed by atoms with Crippen LogP contribution in [0.2, 0.25) is 0 Å². The highest BCUT2D eigenvalue weighted by Gasteiger charge is 2.16. The van der Waals surface area contributed by atoms with Crippen LogP contribution in [0.4, 0.5) is 0 Å². The lowest BCUT2D eigenvalue weighted by atomic mass is 10.0. The van der Waals surface area contributed by atoms with Crippen LogP contribution in [0.3, 0.4) is 0 Å². The Kier molecular flexibility index (Phi) is 6.84. The number of para-hydroxylation sites is 3. The second-order valence-electron chi connectivity index (χ2n) is 12.5. The number of hydrogen-bond acceptors (Lipinski definition) is 1. The molecule has 0 atom stereocenters. The van der Waals surface area contributed by atoms with Crippen LogP contribution in [0, 0.1) is 0 Å². The van der Waals surface area contributed by atoms with Crippen molar-refractivity contribution in [1.29, 1.82) is 0 Å². The Bertz CT molecular complexity index is 2840. The molecule has 2 aromatic heterocycles. The Labute approximate surface area is 284 Å². The average Bonchev–Trinajstić information content (AvgIpc) is 3.67. The maximum Gasteiger partial charge on any atom is 0.111 e. The number of aliphatic imine (C=N–C) groups is 1. The molecule has 0 saturated heterocycles. The largest absolute Gasteiger partial charge is 0.309 e. The van der Waals surface area contributed by atoms with Crippen molar-refractivity contribution < 1.29 is 0 Å². The van der Waals surface area contributed by atoms with E-state index in [4.69, 9.17) is 4.99 Å². The minimum Gasteiger partial charge on any atom is -0.309 e. The maximum atomic E-state index is 5.35. The molecular formula is C46H33N3. The van der Waals surface area contributed by atoms with E-state index in [1.54, 1.807) is 0 Å². The molecule has 3 heteroatoms. The van der Waals surface area contributed by atoms with Crippen molar-refractivity contribution in [2.24, 2.45) is 4.99 Å². The van der Waals surface area contributed by atoms with E-state index in [-0.39, 0.29) is 0 Å². The van der Waals surface area contributed by atoms with Gasteiger partial charge in [0.05, 0.1) is 27.8 Å². The highest BCUT2D eigenvalue weighted by Crippen LogP contribution is 2.37. The van der Waals surface area contributed by atoms with Crippen molar-refractivity contribution in [3.8, 4) is 16.8 Å². The van der Waals surface area contributed by atoms with Gasteiger partial charge in [0.15, 0.2) is 0 Å². The van der Waals surface area contributed by atoms with Crippen LogP contribution < -0.4 is 10.4 Å². The lowest BCUT2D eigenvalue weighted by Crippen LogP contribution is -2.25. The highest BCUT2D eigenvalue weighted by atomic mass is 15.1. The summed E-state index contributed by atoms with van der Waals surface area (Å²) < 4.78 is 4.65. The van der Waals surface area contributed by atoms with Gasteiger partial charge in [-0.1, -0.05) is 128 Å². The lowest BCUT2D eigenvalue weighted by Gasteiger charge is -2.11. The lowest BCUT2D eigenvalue weighted by molar-refractivity contribution is 1.18. The third kappa shape index (κ3) is 4.78. The minimum absolute atomic E-state index is 0.899. The van der Waals surface area contributed by atoms with Crippen molar-refractivity contribution in [3.05, 3.63) is 186 Å². The third-order valence-corrected chi connectivity index (χ3v) is 9.61. The van der Waals surface area contributed by atoms with Gasteiger partial charge in [-0.3, -0.25) is 4.57 Å². The van der Waals surface area contributed by atoms with Crippen LogP contribution in [-0.4, -0.2) is 15.0 Å². The van der Waals surface area contributed by atoms with E-state index in [9.17, 15) is 0 Å². The highest BCUT2D eigenvalue weighted by molar-refractivity contribution is 6.16. The fourth-order valence-electron chi connectivity index (χ4n) is 7.35. The Balaban J connectivity index is 1.23. The number of fused-ring (bicyclic) bond motifs is 6. The minimum atomic E-state index is 0.899. The topological polar surface area (TPSA) is 22.2 Å². The molecule has 0 saturated carbocycles. The summed E-state index contributed by atoms with van der Waals surface area (Å²) in [5.74, 6) is 0.899. The normalized spacial score (nSPS) is 12.7. The molecule has 0 unspecified atom stereocenters. The zero-order valence-corrected chi connectivity index (χ0v) is 27.2. The summed E-state index contributed by atoms with van der Waals surface area (Å²) in [6.45, 7) is 6.43. The summed E-state index contributed by atoms with van der Waals surface area (Å²) >= 11 is 0. The first-order valence-corrected chi connectivity index (χ1v) is 16.7. The van der Waals surface area contributed by atoms with E-state index in [0.717, 1.165) is 38.6 Å². The van der Waals surface area contributed by atoms with Gasteiger partial charge in [-0.05, 0) is 71.8 Å². The molecule has 0 fully saturated rings. The molecule has 7 aromatic carbocycles. The van der Waals surface area contributed by atoms with Crippen molar-refractivity contribution in [1.82, 2.24) is 9.13 Å². The Morgan fingerprint density at radius 3 is 1.71 bits per heavy atom. The second kappa shape index (κ2) is 11.7. The Hall–Kier alpha value is -6.45. The molecule has 9 rings (SSSR count). The van der Waals surface area contributed by atoms with Gasteiger partial charge < -0.3 is 4.57 Å². The van der Waals surface area contributed by atoms with Gasteiger partial charge in [0.25, 0.3) is 0 Å². The standard InChI is InChI=1S/C46H33N3/c1-31-15-9-10-20-37(31)46(33-16-5-3-6-17-33)47-32(2)48-42-23-13-11-21-38(42)40-29-34(25-27-44(40)48)35-26-28-45-41(30-35)39-22-12-14-24-43(39)49(45)36-18-7-4-8-19-36/h3-30H,1H2,2H3/b46-37-,47-32?. The Morgan fingerprint density at radius 2 is 1.00 bits per heavy atom. The molecule has 0 aliphatic heterocycles. The van der Waals surface area contributed by atoms with Crippen LogP contribution in [0.1, 0.15) is 12.5 Å². The monoisotopic (exact) mass is 627 g/mol. The van der Waals surface area contributed by atoms with Gasteiger partial charge >= 0.3 is 0 Å². The summed E-state index contributed by atoms with van der Waals surface area (Å²) in [5, 5.41) is 6.88. The van der Waals surface area contributed by atoms with Crippen LogP contribution in [0.15, 0.2) is 175 Å². The summed E-state index contributed by atoms with van der Waals surface area (Å²) in [6.07, 6.45) is 0. The number of hydrogen-bond donors (Lipinski definition) is 0. The van der Waals surface area contributed by atoms with Crippen LogP contribution in [-0.2, 0) is 0 Å². The molecule has 0 spiro atoms. The van der Waals surface area contributed by atoms with Gasteiger partial charge in [-0.2, -0.15) is 0 Å². The molecule has 0 aliphatic rings. The predicted molar refractivity (Wildman–Crippen MR) is 208 cm³/mol. The van der Waals surface area contributed by atoms with Gasteiger partial charge in [0, 0.05) is 38.0 Å². The predicted octanol–water partition coefficient (Wildman–Crippen LogP) is 10.1. The quantitative estimate of drug-likeness (QED) is 0.137. The zero-order chi connectivity index (χ0) is 32.9. The molecule has 232 valence electrons. The number of nitrogens with zero attached hydrogens (tertiary/aromatic N) is 3. The zero-order valence-electron chi connectivity index (χ0n) is 27.2. The third-order valence-electron chi connectivity index (χ3n) is 9.61. The van der Waals surface area contributed by atoms with E-state index >= 15 is 0 Å². The molecule has 49 heavy (non-hydrogen) atoms. The van der Waals surface area contributed by atoms with Crippen LogP contribution in [0.5, 0.6) is 0 Å². The van der Waals surface area contributed by atoms with Crippen LogP contribution in [0.25, 0.3) is 72.7 Å². The van der Waals surface area contributed by atoms with Crippen molar-refractivity contribution >= 4 is 61.7 Å². The molecule has 3 nitrogen and oxygen atoms in total. The van der Waals surface area contributed by atoms with E-state index in [1.165, 1.54) is 49.4 Å². The van der Waals surface area contributed by atoms with Crippen molar-refractivity contribution in [2.75, 3.05) is 0 Å². The molecule has 0 N–H and O–H groups in total. The molecule has 0 bridgehead atoms. The molecule has 0 aliphatic carbocycles. The first-order chi connectivity index (χ1) is 24.2. The summed E-state index contributed by atoms with van der Waals surface area (Å²) in [7, 11) is 0.